The van der Waals surface area contributed by atoms with Crippen molar-refractivity contribution in [2.75, 3.05) is 0 Å². The van der Waals surface area contributed by atoms with Crippen LogP contribution in [0.2, 0.25) is 0 Å². The van der Waals surface area contributed by atoms with E-state index in [1.165, 1.54) is 12.1 Å². The van der Waals surface area contributed by atoms with E-state index in [2.05, 4.69) is 19.5 Å². The van der Waals surface area contributed by atoms with Crippen molar-refractivity contribution < 1.29 is 13.9 Å². The van der Waals surface area contributed by atoms with Crippen molar-refractivity contribution >= 4 is 5.78 Å². The summed E-state index contributed by atoms with van der Waals surface area (Å²) in [5.74, 6) is 0.631. The summed E-state index contributed by atoms with van der Waals surface area (Å²) in [6.45, 7) is 0. The number of rotatable bonds is 5. The monoisotopic (exact) mass is 428 g/mol. The minimum atomic E-state index is -0.305. The summed E-state index contributed by atoms with van der Waals surface area (Å²) >= 11 is 0. The highest BCUT2D eigenvalue weighted by Gasteiger charge is 2.26. The summed E-state index contributed by atoms with van der Waals surface area (Å²) in [5, 5.41) is 0. The maximum Gasteiger partial charge on any atom is 0.322 e. The molecule has 160 valence electrons. The van der Waals surface area contributed by atoms with Gasteiger partial charge in [0.2, 0.25) is 0 Å². The molecule has 1 fully saturated rings. The molecule has 7 heteroatoms. The van der Waals surface area contributed by atoms with Crippen LogP contribution in [0.25, 0.3) is 22.6 Å². The third kappa shape index (κ3) is 4.14. The van der Waals surface area contributed by atoms with Crippen LogP contribution in [0.4, 0.5) is 4.39 Å². The number of aromatic nitrogens is 4. The Kier molecular flexibility index (Phi) is 5.46. The van der Waals surface area contributed by atoms with Crippen LogP contribution in [0.1, 0.15) is 31.7 Å². The van der Waals surface area contributed by atoms with Gasteiger partial charge in [-0.15, -0.1) is 0 Å². The Hall–Kier alpha value is -3.87. The summed E-state index contributed by atoms with van der Waals surface area (Å²) in [5.41, 5.74) is 2.94. The molecule has 2 aromatic carbocycles. The Morgan fingerprint density at radius 3 is 2.44 bits per heavy atom. The van der Waals surface area contributed by atoms with Gasteiger partial charge in [0.15, 0.2) is 0 Å². The maximum atomic E-state index is 13.5. The SMILES string of the molecule is O=C1CCC(n2cnc(-c3ccc(F)cc3)c2-c2ccnc(Oc3ccccc3)n2)CC1. The minimum absolute atomic E-state index is 0.137. The molecule has 1 saturated carbocycles. The van der Waals surface area contributed by atoms with Gasteiger partial charge >= 0.3 is 6.01 Å². The van der Waals surface area contributed by atoms with Gasteiger partial charge in [-0.1, -0.05) is 18.2 Å². The second kappa shape index (κ2) is 8.70. The predicted octanol–water partition coefficient (Wildman–Crippen LogP) is 5.62. The number of hydrogen-bond acceptors (Lipinski definition) is 5. The van der Waals surface area contributed by atoms with Gasteiger partial charge in [-0.3, -0.25) is 4.79 Å². The van der Waals surface area contributed by atoms with Gasteiger partial charge in [-0.2, -0.15) is 4.98 Å². The molecule has 6 nitrogen and oxygen atoms in total. The average molecular weight is 428 g/mol. The fourth-order valence-corrected chi connectivity index (χ4v) is 4.03. The highest BCUT2D eigenvalue weighted by atomic mass is 19.1. The zero-order valence-electron chi connectivity index (χ0n) is 17.3. The van der Waals surface area contributed by atoms with Crippen LogP contribution in [-0.2, 0) is 4.79 Å². The third-order valence-electron chi connectivity index (χ3n) is 5.65. The van der Waals surface area contributed by atoms with Gasteiger partial charge in [-0.05, 0) is 55.3 Å². The molecule has 2 heterocycles. The highest BCUT2D eigenvalue weighted by molar-refractivity contribution is 5.80. The number of carbonyl (C=O) groups is 1. The number of nitrogens with zero attached hydrogens (tertiary/aromatic N) is 4. The fourth-order valence-electron chi connectivity index (χ4n) is 4.03. The molecule has 0 N–H and O–H groups in total. The van der Waals surface area contributed by atoms with Crippen molar-refractivity contribution in [3.8, 4) is 34.4 Å². The molecule has 2 aromatic heterocycles. The van der Waals surface area contributed by atoms with E-state index in [0.717, 1.165) is 24.1 Å². The van der Waals surface area contributed by atoms with E-state index in [9.17, 15) is 9.18 Å². The molecule has 0 saturated heterocycles. The molecule has 0 amide bonds. The standard InChI is InChI=1S/C25H21FN4O2/c26-18-8-6-17(7-9-18)23-24(30(16-28-23)19-10-12-20(31)13-11-19)22-14-15-27-25(29-22)32-21-4-2-1-3-5-21/h1-9,14-16,19H,10-13H2. The van der Waals surface area contributed by atoms with Crippen LogP contribution < -0.4 is 4.74 Å². The molecule has 0 spiro atoms. The largest absolute Gasteiger partial charge is 0.424 e. The molecule has 4 aromatic rings. The van der Waals surface area contributed by atoms with E-state index in [4.69, 9.17) is 4.74 Å². The third-order valence-corrected chi connectivity index (χ3v) is 5.65. The van der Waals surface area contributed by atoms with E-state index < -0.39 is 0 Å². The van der Waals surface area contributed by atoms with Crippen molar-refractivity contribution in [2.24, 2.45) is 0 Å². The lowest BCUT2D eigenvalue weighted by Crippen LogP contribution is -2.18. The van der Waals surface area contributed by atoms with Crippen molar-refractivity contribution in [3.05, 3.63) is 79.0 Å². The van der Waals surface area contributed by atoms with E-state index in [1.54, 1.807) is 24.7 Å². The number of ether oxygens (including phenoxy) is 1. The summed E-state index contributed by atoms with van der Waals surface area (Å²) < 4.78 is 21.4. The van der Waals surface area contributed by atoms with Gasteiger partial charge in [0.05, 0.1) is 23.4 Å². The molecule has 0 aliphatic heterocycles. The molecular weight excluding hydrogens is 407 g/mol. The lowest BCUT2D eigenvalue weighted by molar-refractivity contribution is -0.120. The maximum absolute atomic E-state index is 13.5. The second-order valence-electron chi connectivity index (χ2n) is 7.77. The van der Waals surface area contributed by atoms with Crippen molar-refractivity contribution in [2.45, 2.75) is 31.7 Å². The molecular formula is C25H21FN4O2. The molecule has 0 atom stereocenters. The highest BCUT2D eigenvalue weighted by Crippen LogP contribution is 2.37. The smallest absolute Gasteiger partial charge is 0.322 e. The number of imidazole rings is 1. The number of Topliss-reactive ketones (excluding diaryl/α,β-unsaturated/α-hetero) is 1. The first kappa shape index (κ1) is 20.1. The lowest BCUT2D eigenvalue weighted by Gasteiger charge is -2.24. The van der Waals surface area contributed by atoms with Gasteiger partial charge in [0, 0.05) is 30.6 Å². The Balaban J connectivity index is 1.58. The van der Waals surface area contributed by atoms with Crippen LogP contribution in [0, 0.1) is 5.82 Å². The van der Waals surface area contributed by atoms with Gasteiger partial charge < -0.3 is 9.30 Å². The van der Waals surface area contributed by atoms with Gasteiger partial charge in [-0.25, -0.2) is 14.4 Å². The van der Waals surface area contributed by atoms with Gasteiger partial charge in [0.1, 0.15) is 17.3 Å². The Labute approximate surface area is 184 Å². The van der Waals surface area contributed by atoms with E-state index in [1.807, 2.05) is 36.4 Å². The average Bonchev–Trinajstić information content (AvgIpc) is 3.26. The Morgan fingerprint density at radius 2 is 1.69 bits per heavy atom. The van der Waals surface area contributed by atoms with Crippen LogP contribution in [0.15, 0.2) is 73.2 Å². The number of benzene rings is 2. The first-order valence-electron chi connectivity index (χ1n) is 10.6. The number of halogens is 1. The number of ketones is 1. The quantitative estimate of drug-likeness (QED) is 0.412. The predicted molar refractivity (Wildman–Crippen MR) is 118 cm³/mol. The van der Waals surface area contributed by atoms with Crippen molar-refractivity contribution in [3.63, 3.8) is 0 Å². The normalized spacial score (nSPS) is 14.5. The molecule has 0 bridgehead atoms. The lowest BCUT2D eigenvalue weighted by atomic mass is 9.93. The Morgan fingerprint density at radius 1 is 0.938 bits per heavy atom. The van der Waals surface area contributed by atoms with Crippen LogP contribution in [-0.4, -0.2) is 25.3 Å². The summed E-state index contributed by atoms with van der Waals surface area (Å²) in [4.78, 5) is 25.3. The molecule has 0 unspecified atom stereocenters. The van der Waals surface area contributed by atoms with E-state index >= 15 is 0 Å². The molecule has 1 aliphatic carbocycles. The summed E-state index contributed by atoms with van der Waals surface area (Å²) in [7, 11) is 0. The first-order chi connectivity index (χ1) is 15.7. The first-order valence-corrected chi connectivity index (χ1v) is 10.6. The topological polar surface area (TPSA) is 69.9 Å². The van der Waals surface area contributed by atoms with Crippen LogP contribution in [0.3, 0.4) is 0 Å². The second-order valence-corrected chi connectivity index (χ2v) is 7.77. The van der Waals surface area contributed by atoms with E-state index in [0.29, 0.717) is 35.8 Å². The van der Waals surface area contributed by atoms with Gasteiger partial charge in [0.25, 0.3) is 0 Å². The molecule has 32 heavy (non-hydrogen) atoms. The molecule has 1 aliphatic rings. The summed E-state index contributed by atoms with van der Waals surface area (Å²) in [6.07, 6.45) is 6.05. The van der Waals surface area contributed by atoms with Crippen molar-refractivity contribution in [1.29, 1.82) is 0 Å². The summed E-state index contributed by atoms with van der Waals surface area (Å²) in [6, 6.07) is 17.8. The van der Waals surface area contributed by atoms with Crippen molar-refractivity contribution in [1.82, 2.24) is 19.5 Å². The minimum Gasteiger partial charge on any atom is -0.424 e. The number of hydrogen-bond donors (Lipinski definition) is 0. The number of carbonyl (C=O) groups excluding carboxylic acids is 1. The van der Waals surface area contributed by atoms with Crippen LogP contribution >= 0.6 is 0 Å². The number of para-hydroxylation sites is 1. The fraction of sp³-hybridized carbons (Fsp3) is 0.200. The molecule has 0 radical (unpaired) electrons. The zero-order chi connectivity index (χ0) is 21.9. The van der Waals surface area contributed by atoms with Crippen LogP contribution in [0.5, 0.6) is 11.8 Å². The Bertz CT molecular complexity index is 1230. The molecule has 5 rings (SSSR count). The zero-order valence-corrected chi connectivity index (χ0v) is 17.3. The van der Waals surface area contributed by atoms with E-state index in [-0.39, 0.29) is 17.9 Å².